The molecular formula is C23H23NO8. The standard InChI is InChI=1S/C23H23NO8/c1-10(25)31-21-14-7-15-13-8-18-17(29-9-30-18)6-12(13)5-16(24(15)3)19(14)22(32-11(2)26)23(28-4)20(21)27/h6,8,15-16,27H,5,7,9H2,1-4H3/t15-,16-/m0/s1. The molecule has 0 aromatic heterocycles. The highest BCUT2D eigenvalue weighted by atomic mass is 16.7. The molecule has 0 saturated carbocycles. The van der Waals surface area contributed by atoms with Crippen LogP contribution in [0.15, 0.2) is 12.1 Å². The van der Waals surface area contributed by atoms with Crippen LogP contribution in [-0.2, 0) is 22.4 Å². The number of methoxy groups -OCH3 is 1. The van der Waals surface area contributed by atoms with E-state index in [4.69, 9.17) is 23.7 Å². The highest BCUT2D eigenvalue weighted by Crippen LogP contribution is 2.58. The van der Waals surface area contributed by atoms with Crippen LogP contribution in [0.25, 0.3) is 0 Å². The number of rotatable bonds is 3. The van der Waals surface area contributed by atoms with E-state index in [-0.39, 0.29) is 41.9 Å². The first-order chi connectivity index (χ1) is 15.3. The minimum Gasteiger partial charge on any atom is -0.502 e. The Labute approximate surface area is 184 Å². The van der Waals surface area contributed by atoms with Crippen molar-refractivity contribution in [3.05, 3.63) is 34.4 Å². The number of carbonyl (C=O) groups is 2. The molecule has 9 nitrogen and oxygen atoms in total. The third-order valence-corrected chi connectivity index (χ3v) is 6.30. The fourth-order valence-corrected chi connectivity index (χ4v) is 5.01. The minimum atomic E-state index is -0.572. The van der Waals surface area contributed by atoms with Crippen molar-refractivity contribution in [3.63, 3.8) is 0 Å². The summed E-state index contributed by atoms with van der Waals surface area (Å²) in [5.74, 6) is 0.0443. The Hall–Kier alpha value is -3.46. The van der Waals surface area contributed by atoms with E-state index in [1.807, 2.05) is 19.2 Å². The number of hydrogen-bond donors (Lipinski definition) is 1. The Bertz CT molecular complexity index is 1160. The van der Waals surface area contributed by atoms with Gasteiger partial charge in [-0.25, -0.2) is 0 Å². The molecule has 0 spiro atoms. The predicted molar refractivity (Wildman–Crippen MR) is 110 cm³/mol. The number of phenols is 1. The monoisotopic (exact) mass is 441 g/mol. The van der Waals surface area contributed by atoms with Gasteiger partial charge in [0, 0.05) is 37.1 Å². The Morgan fingerprint density at radius 1 is 1.00 bits per heavy atom. The lowest BCUT2D eigenvalue weighted by Gasteiger charge is -2.46. The van der Waals surface area contributed by atoms with Crippen LogP contribution in [0.5, 0.6) is 34.5 Å². The topological polar surface area (TPSA) is 104 Å². The van der Waals surface area contributed by atoms with E-state index in [2.05, 4.69) is 4.90 Å². The van der Waals surface area contributed by atoms with E-state index in [9.17, 15) is 14.7 Å². The van der Waals surface area contributed by atoms with Crippen molar-refractivity contribution in [1.82, 2.24) is 4.90 Å². The first kappa shape index (κ1) is 20.4. The Balaban J connectivity index is 1.75. The number of ether oxygens (including phenoxy) is 5. The quantitative estimate of drug-likeness (QED) is 0.569. The number of hydrogen-bond acceptors (Lipinski definition) is 9. The molecule has 2 aromatic carbocycles. The van der Waals surface area contributed by atoms with Gasteiger partial charge in [0.25, 0.3) is 0 Å². The average molecular weight is 441 g/mol. The van der Waals surface area contributed by atoms with Crippen LogP contribution in [-0.4, -0.2) is 42.9 Å². The smallest absolute Gasteiger partial charge is 0.308 e. The molecule has 5 rings (SSSR count). The summed E-state index contributed by atoms with van der Waals surface area (Å²) in [7, 11) is 3.35. The SMILES string of the molecule is COc1c(O)c(OC(C)=O)c2c(c1OC(C)=O)[C@@H]1Cc3cc4c(cc3[C@H](C2)N1C)OCO4. The molecule has 0 radical (unpaired) electrons. The van der Waals surface area contributed by atoms with Gasteiger partial charge in [-0.05, 0) is 43.1 Å². The Morgan fingerprint density at radius 2 is 1.66 bits per heavy atom. The van der Waals surface area contributed by atoms with Gasteiger partial charge in [-0.2, -0.15) is 0 Å². The molecule has 3 heterocycles. The molecule has 32 heavy (non-hydrogen) atoms. The van der Waals surface area contributed by atoms with Crippen molar-refractivity contribution in [1.29, 1.82) is 0 Å². The molecule has 168 valence electrons. The minimum absolute atomic E-state index is 0.0348. The van der Waals surface area contributed by atoms with Gasteiger partial charge in [0.1, 0.15) is 0 Å². The van der Waals surface area contributed by atoms with Gasteiger partial charge in [-0.3, -0.25) is 14.5 Å². The summed E-state index contributed by atoms with van der Waals surface area (Å²) in [4.78, 5) is 26.0. The molecule has 3 aliphatic rings. The van der Waals surface area contributed by atoms with Crippen LogP contribution in [0.3, 0.4) is 0 Å². The van der Waals surface area contributed by atoms with Crippen LogP contribution in [0.4, 0.5) is 0 Å². The largest absolute Gasteiger partial charge is 0.502 e. The molecule has 0 saturated heterocycles. The van der Waals surface area contributed by atoms with Crippen LogP contribution >= 0.6 is 0 Å². The van der Waals surface area contributed by atoms with E-state index in [0.29, 0.717) is 35.5 Å². The van der Waals surface area contributed by atoms with Crippen LogP contribution in [0, 0.1) is 0 Å². The maximum absolute atomic E-state index is 11.9. The van der Waals surface area contributed by atoms with Gasteiger partial charge >= 0.3 is 11.9 Å². The van der Waals surface area contributed by atoms with Gasteiger partial charge in [-0.1, -0.05) is 0 Å². The average Bonchev–Trinajstić information content (AvgIpc) is 3.17. The summed E-state index contributed by atoms with van der Waals surface area (Å²) in [6.07, 6.45) is 1.01. The van der Waals surface area contributed by atoms with Crippen LogP contribution in [0.2, 0.25) is 0 Å². The van der Waals surface area contributed by atoms with E-state index in [0.717, 1.165) is 11.1 Å². The second kappa shape index (κ2) is 7.30. The normalized spacial score (nSPS) is 20.2. The zero-order valence-corrected chi connectivity index (χ0v) is 18.2. The summed E-state index contributed by atoms with van der Waals surface area (Å²) in [6.45, 7) is 2.74. The predicted octanol–water partition coefficient (Wildman–Crippen LogP) is 2.81. The number of benzene rings is 2. The second-order valence-corrected chi connectivity index (χ2v) is 8.13. The van der Waals surface area contributed by atoms with E-state index >= 15 is 0 Å². The fourth-order valence-electron chi connectivity index (χ4n) is 5.01. The molecule has 0 amide bonds. The first-order valence-electron chi connectivity index (χ1n) is 10.3. The fraction of sp³-hybridized carbons (Fsp3) is 0.391. The summed E-state index contributed by atoms with van der Waals surface area (Å²) in [6, 6.07) is 3.70. The number of fused-ring (bicyclic) bond motifs is 7. The Kier molecular flexibility index (Phi) is 4.67. The lowest BCUT2D eigenvalue weighted by Crippen LogP contribution is -2.41. The maximum atomic E-state index is 11.9. The van der Waals surface area contributed by atoms with Crippen molar-refractivity contribution in [2.75, 3.05) is 21.0 Å². The third kappa shape index (κ3) is 2.96. The summed E-state index contributed by atoms with van der Waals surface area (Å²) >= 11 is 0. The number of phenolic OH excluding ortho intramolecular Hbond substituents is 1. The highest BCUT2D eigenvalue weighted by molar-refractivity contribution is 5.79. The van der Waals surface area contributed by atoms with E-state index < -0.39 is 11.9 Å². The zero-order chi connectivity index (χ0) is 22.7. The molecule has 2 bridgehead atoms. The van der Waals surface area contributed by atoms with Crippen molar-refractivity contribution < 1.29 is 38.4 Å². The zero-order valence-electron chi connectivity index (χ0n) is 18.2. The first-order valence-corrected chi connectivity index (χ1v) is 10.3. The van der Waals surface area contributed by atoms with Crippen LogP contribution in [0.1, 0.15) is 48.2 Å². The summed E-state index contributed by atoms with van der Waals surface area (Å²) < 4.78 is 27.5. The van der Waals surface area contributed by atoms with Gasteiger partial charge in [-0.15, -0.1) is 0 Å². The van der Waals surface area contributed by atoms with Gasteiger partial charge in [0.05, 0.1) is 7.11 Å². The lowest BCUT2D eigenvalue weighted by molar-refractivity contribution is -0.133. The molecule has 9 heteroatoms. The van der Waals surface area contributed by atoms with Crippen LogP contribution < -0.4 is 23.7 Å². The number of carbonyl (C=O) groups excluding carboxylic acids is 2. The van der Waals surface area contributed by atoms with Gasteiger partial charge in [0.2, 0.25) is 18.3 Å². The Morgan fingerprint density at radius 3 is 2.31 bits per heavy atom. The third-order valence-electron chi connectivity index (χ3n) is 6.30. The number of nitrogens with zero attached hydrogens (tertiary/aromatic N) is 1. The molecular weight excluding hydrogens is 418 g/mol. The van der Waals surface area contributed by atoms with Crippen molar-refractivity contribution in [2.45, 2.75) is 38.8 Å². The van der Waals surface area contributed by atoms with Gasteiger partial charge < -0.3 is 28.8 Å². The molecule has 0 aliphatic carbocycles. The summed E-state index contributed by atoms with van der Waals surface area (Å²) in [5, 5.41) is 10.9. The van der Waals surface area contributed by atoms with E-state index in [1.54, 1.807) is 0 Å². The number of esters is 2. The second-order valence-electron chi connectivity index (χ2n) is 8.13. The molecule has 2 atom stereocenters. The van der Waals surface area contributed by atoms with Crippen molar-refractivity contribution in [3.8, 4) is 34.5 Å². The number of likely N-dealkylation sites (N-methyl/N-ethyl adjacent to an activating group) is 1. The number of aromatic hydroxyl groups is 1. The van der Waals surface area contributed by atoms with E-state index in [1.165, 1.54) is 21.0 Å². The molecule has 0 unspecified atom stereocenters. The maximum Gasteiger partial charge on any atom is 0.308 e. The van der Waals surface area contributed by atoms with Gasteiger partial charge in [0.15, 0.2) is 23.0 Å². The lowest BCUT2D eigenvalue weighted by atomic mass is 9.76. The molecule has 2 aromatic rings. The molecule has 3 aliphatic heterocycles. The summed E-state index contributed by atoms with van der Waals surface area (Å²) in [5.41, 5.74) is 3.46. The highest BCUT2D eigenvalue weighted by Gasteiger charge is 2.45. The molecule has 1 N–H and O–H groups in total. The van der Waals surface area contributed by atoms with Crippen molar-refractivity contribution in [2.24, 2.45) is 0 Å². The molecule has 0 fully saturated rings. The van der Waals surface area contributed by atoms with Crippen molar-refractivity contribution >= 4 is 11.9 Å².